The van der Waals surface area contributed by atoms with Crippen molar-refractivity contribution in [2.24, 2.45) is 0 Å². The summed E-state index contributed by atoms with van der Waals surface area (Å²) in [5.41, 5.74) is 2.46. The molecule has 1 N–H and O–H groups in total. The second-order valence-corrected chi connectivity index (χ2v) is 6.66. The van der Waals surface area contributed by atoms with Gasteiger partial charge in [-0.3, -0.25) is 4.68 Å². The molecular weight excluding hydrogens is 333 g/mol. The lowest BCUT2D eigenvalue weighted by molar-refractivity contribution is 0.469. The van der Waals surface area contributed by atoms with Gasteiger partial charge in [-0.25, -0.2) is 4.39 Å². The second kappa shape index (κ2) is 8.18. The van der Waals surface area contributed by atoms with E-state index in [0.29, 0.717) is 6.04 Å². The van der Waals surface area contributed by atoms with Crippen molar-refractivity contribution in [2.45, 2.75) is 48.9 Å². The minimum atomic E-state index is -0.191. The molecule has 2 heterocycles. The molecule has 23 heavy (non-hydrogen) atoms. The maximum absolute atomic E-state index is 13.1. The third kappa shape index (κ3) is 3.90. The van der Waals surface area contributed by atoms with Crippen LogP contribution in [0, 0.1) is 5.82 Å². The highest BCUT2D eigenvalue weighted by Gasteiger charge is 2.24. The topological polar surface area (TPSA) is 29.9 Å². The Kier molecular flexibility index (Phi) is 6.50. The van der Waals surface area contributed by atoms with E-state index in [4.69, 9.17) is 5.10 Å². The van der Waals surface area contributed by atoms with Gasteiger partial charge >= 0.3 is 0 Å². The van der Waals surface area contributed by atoms with Gasteiger partial charge in [0.15, 0.2) is 0 Å². The van der Waals surface area contributed by atoms with E-state index in [2.05, 4.69) is 23.8 Å². The van der Waals surface area contributed by atoms with Gasteiger partial charge in [-0.15, -0.1) is 12.4 Å². The van der Waals surface area contributed by atoms with Crippen LogP contribution in [0.5, 0.6) is 0 Å². The zero-order valence-corrected chi connectivity index (χ0v) is 15.1. The fourth-order valence-electron chi connectivity index (χ4n) is 2.95. The van der Waals surface area contributed by atoms with Gasteiger partial charge in [0.25, 0.3) is 0 Å². The average molecular weight is 356 g/mol. The van der Waals surface area contributed by atoms with E-state index in [9.17, 15) is 4.39 Å². The Hall–Kier alpha value is -1.04. The van der Waals surface area contributed by atoms with E-state index in [1.54, 1.807) is 11.8 Å². The molecule has 0 spiro atoms. The van der Waals surface area contributed by atoms with Gasteiger partial charge in [0, 0.05) is 11.4 Å². The Labute approximate surface area is 147 Å². The predicted molar refractivity (Wildman–Crippen MR) is 95.3 cm³/mol. The van der Waals surface area contributed by atoms with Gasteiger partial charge in [-0.2, -0.15) is 5.10 Å². The van der Waals surface area contributed by atoms with Crippen LogP contribution < -0.4 is 5.32 Å². The number of aryl methyl sites for hydroxylation is 1. The Balaban J connectivity index is 0.00000192. The van der Waals surface area contributed by atoms with Crippen molar-refractivity contribution in [3.05, 3.63) is 41.5 Å². The molecule has 126 valence electrons. The first-order valence-electron chi connectivity index (χ1n) is 7.97. The van der Waals surface area contributed by atoms with E-state index < -0.39 is 0 Å². The molecule has 1 aliphatic heterocycles. The first kappa shape index (κ1) is 18.3. The van der Waals surface area contributed by atoms with Crippen molar-refractivity contribution in [2.75, 3.05) is 13.1 Å². The maximum atomic E-state index is 13.1. The Morgan fingerprint density at radius 3 is 2.57 bits per heavy atom. The number of rotatable bonds is 5. The lowest BCUT2D eigenvalue weighted by Gasteiger charge is -2.13. The lowest BCUT2D eigenvalue weighted by atomic mass is 10.2. The van der Waals surface area contributed by atoms with Gasteiger partial charge in [0.05, 0.1) is 22.3 Å². The molecular formula is C17H23ClFN3S. The molecule has 3 nitrogen and oxygen atoms in total. The Bertz CT molecular complexity index is 636. The zero-order chi connectivity index (χ0) is 15.5. The van der Waals surface area contributed by atoms with Crippen molar-refractivity contribution >= 4 is 24.2 Å². The number of benzene rings is 1. The summed E-state index contributed by atoms with van der Waals surface area (Å²) < 4.78 is 15.3. The van der Waals surface area contributed by atoms with Crippen molar-refractivity contribution in [1.82, 2.24) is 15.1 Å². The lowest BCUT2D eigenvalue weighted by Crippen LogP contribution is -2.16. The van der Waals surface area contributed by atoms with Crippen LogP contribution in [-0.2, 0) is 12.8 Å². The Morgan fingerprint density at radius 2 is 2.00 bits per heavy atom. The zero-order valence-electron chi connectivity index (χ0n) is 13.5. The van der Waals surface area contributed by atoms with Crippen molar-refractivity contribution < 1.29 is 4.39 Å². The van der Waals surface area contributed by atoms with Gasteiger partial charge in [0.2, 0.25) is 0 Å². The first-order chi connectivity index (χ1) is 10.7. The van der Waals surface area contributed by atoms with Crippen molar-refractivity contribution in [3.8, 4) is 0 Å². The largest absolute Gasteiger partial charge is 0.315 e. The number of aromatic nitrogens is 2. The van der Waals surface area contributed by atoms with Gasteiger partial charge in [-0.1, -0.05) is 25.6 Å². The van der Waals surface area contributed by atoms with E-state index >= 15 is 0 Å². The summed E-state index contributed by atoms with van der Waals surface area (Å²) in [6.45, 7) is 6.39. The monoisotopic (exact) mass is 355 g/mol. The fourth-order valence-corrected chi connectivity index (χ4v) is 4.12. The minimum Gasteiger partial charge on any atom is -0.315 e. The molecule has 0 unspecified atom stereocenters. The minimum absolute atomic E-state index is 0. The maximum Gasteiger partial charge on any atom is 0.123 e. The standard InChI is InChI=1S/C17H22FN3S.ClH/c1-3-15-17(22-14-7-5-12(18)6-8-14)16(4-2)21(20-15)13-9-10-19-11-13;/h5-8,13,19H,3-4,9-11H2,1-2H3;1H/t13-;/m1./s1. The quantitative estimate of drug-likeness (QED) is 0.869. The third-order valence-corrected chi connectivity index (χ3v) is 5.30. The van der Waals surface area contributed by atoms with Crippen LogP contribution in [0.2, 0.25) is 0 Å². The van der Waals surface area contributed by atoms with Gasteiger partial charge < -0.3 is 5.32 Å². The van der Waals surface area contributed by atoms with E-state index in [1.165, 1.54) is 22.7 Å². The normalized spacial score (nSPS) is 17.3. The van der Waals surface area contributed by atoms with Crippen LogP contribution in [0.25, 0.3) is 0 Å². The molecule has 0 saturated carbocycles. The smallest absolute Gasteiger partial charge is 0.123 e. The van der Waals surface area contributed by atoms with Crippen molar-refractivity contribution in [3.63, 3.8) is 0 Å². The van der Waals surface area contributed by atoms with Gasteiger partial charge in [0.1, 0.15) is 5.82 Å². The van der Waals surface area contributed by atoms with Crippen LogP contribution in [0.15, 0.2) is 34.1 Å². The number of nitrogens with zero attached hydrogens (tertiary/aromatic N) is 2. The summed E-state index contributed by atoms with van der Waals surface area (Å²) in [5.74, 6) is -0.191. The Morgan fingerprint density at radius 1 is 1.26 bits per heavy atom. The first-order valence-corrected chi connectivity index (χ1v) is 8.79. The highest BCUT2D eigenvalue weighted by atomic mass is 35.5. The molecule has 1 aromatic carbocycles. The van der Waals surface area contributed by atoms with Crippen LogP contribution in [-0.4, -0.2) is 22.9 Å². The van der Waals surface area contributed by atoms with E-state index in [0.717, 1.165) is 42.9 Å². The van der Waals surface area contributed by atoms with Gasteiger partial charge in [-0.05, 0) is 50.1 Å². The molecule has 1 aliphatic rings. The molecule has 2 aromatic rings. The van der Waals surface area contributed by atoms with Crippen LogP contribution in [0.3, 0.4) is 0 Å². The second-order valence-electron chi connectivity index (χ2n) is 5.58. The molecule has 1 saturated heterocycles. The molecule has 0 aliphatic carbocycles. The molecule has 1 fully saturated rings. The average Bonchev–Trinajstić information content (AvgIpc) is 3.16. The summed E-state index contributed by atoms with van der Waals surface area (Å²) >= 11 is 1.71. The molecule has 6 heteroatoms. The molecule has 0 bridgehead atoms. The molecule has 0 radical (unpaired) electrons. The number of hydrogen-bond acceptors (Lipinski definition) is 3. The van der Waals surface area contributed by atoms with Crippen LogP contribution in [0.1, 0.15) is 37.7 Å². The van der Waals surface area contributed by atoms with E-state index in [-0.39, 0.29) is 18.2 Å². The third-order valence-electron chi connectivity index (χ3n) is 4.11. The fraction of sp³-hybridized carbons (Fsp3) is 0.471. The summed E-state index contributed by atoms with van der Waals surface area (Å²) in [6, 6.07) is 7.18. The molecule has 0 amide bonds. The highest BCUT2D eigenvalue weighted by Crippen LogP contribution is 2.35. The number of halogens is 2. The molecule has 1 atom stereocenters. The number of nitrogens with one attached hydrogen (secondary N) is 1. The predicted octanol–water partition coefficient (Wildman–Crippen LogP) is 4.25. The summed E-state index contributed by atoms with van der Waals surface area (Å²) in [4.78, 5) is 2.32. The summed E-state index contributed by atoms with van der Waals surface area (Å²) in [7, 11) is 0. The summed E-state index contributed by atoms with van der Waals surface area (Å²) in [6.07, 6.45) is 3.02. The van der Waals surface area contributed by atoms with Crippen LogP contribution >= 0.6 is 24.2 Å². The highest BCUT2D eigenvalue weighted by molar-refractivity contribution is 7.99. The SMILES string of the molecule is CCc1nn([C@@H]2CCNC2)c(CC)c1Sc1ccc(F)cc1.Cl. The molecule has 3 rings (SSSR count). The van der Waals surface area contributed by atoms with E-state index in [1.807, 2.05) is 12.1 Å². The van der Waals surface area contributed by atoms with Crippen molar-refractivity contribution in [1.29, 1.82) is 0 Å². The van der Waals surface area contributed by atoms with Crippen LogP contribution in [0.4, 0.5) is 4.39 Å². The number of hydrogen-bond donors (Lipinski definition) is 1. The molecule has 1 aromatic heterocycles. The summed E-state index contributed by atoms with van der Waals surface area (Å²) in [5, 5.41) is 8.29.